The number of esters is 1. The number of carbonyl (C=O) groups excluding carboxylic acids is 2. The molecule has 2 aromatic heterocycles. The van der Waals surface area contributed by atoms with Crippen LogP contribution in [0.25, 0.3) is 0 Å². The van der Waals surface area contributed by atoms with Crippen LogP contribution in [0.5, 0.6) is 5.75 Å². The highest BCUT2D eigenvalue weighted by molar-refractivity contribution is 8.01. The van der Waals surface area contributed by atoms with E-state index < -0.39 is 18.0 Å². The van der Waals surface area contributed by atoms with Crippen LogP contribution in [-0.2, 0) is 9.53 Å². The first-order valence-corrected chi connectivity index (χ1v) is 12.4. The van der Waals surface area contributed by atoms with Crippen LogP contribution in [0.1, 0.15) is 25.6 Å². The molecule has 3 heterocycles. The molecule has 0 spiro atoms. The molecule has 3 aromatic rings. The number of furan rings is 1. The summed E-state index contributed by atoms with van der Waals surface area (Å²) < 4.78 is 17.0. The molecule has 178 valence electrons. The van der Waals surface area contributed by atoms with Crippen molar-refractivity contribution in [2.24, 2.45) is 0 Å². The van der Waals surface area contributed by atoms with Gasteiger partial charge >= 0.3 is 12.0 Å². The molecule has 1 aliphatic rings. The van der Waals surface area contributed by atoms with Gasteiger partial charge in [0.25, 0.3) is 0 Å². The van der Waals surface area contributed by atoms with Gasteiger partial charge in [0.2, 0.25) is 5.13 Å². The van der Waals surface area contributed by atoms with Crippen molar-refractivity contribution in [3.63, 3.8) is 0 Å². The molecular formula is C22H23N5O5S2. The zero-order valence-electron chi connectivity index (χ0n) is 18.5. The number of nitrogens with zero attached hydrogens (tertiary/aromatic N) is 2. The summed E-state index contributed by atoms with van der Waals surface area (Å²) in [6.07, 6.45) is 1.49. The predicted molar refractivity (Wildman–Crippen MR) is 128 cm³/mol. The number of aromatic nitrogens is 2. The van der Waals surface area contributed by atoms with Crippen LogP contribution in [-0.4, -0.2) is 41.2 Å². The zero-order chi connectivity index (χ0) is 23.9. The molecular weight excluding hydrogens is 478 g/mol. The summed E-state index contributed by atoms with van der Waals surface area (Å²) in [6, 6.07) is 9.78. The first kappa shape index (κ1) is 23.6. The molecule has 4 rings (SSSR count). The molecule has 1 unspecified atom stereocenters. The molecule has 1 aromatic carbocycles. The first-order valence-electron chi connectivity index (χ1n) is 10.5. The lowest BCUT2D eigenvalue weighted by Gasteiger charge is -2.27. The standard InChI is InChI=1S/C22H23N5O5S2/c1-3-30-15-9-6-5-8-13(15)24-21-26-27-22(34-21)33-12-14-17(19(28)31-4-2)18(25-20(29)23-14)16-10-7-11-32-16/h5-11,18H,3-4,12H2,1-2H3,(H,24,26)(H2,23,25,29). The number of anilines is 2. The fraction of sp³-hybridized carbons (Fsp3) is 0.273. The van der Waals surface area contributed by atoms with Crippen LogP contribution in [0.4, 0.5) is 15.6 Å². The van der Waals surface area contributed by atoms with E-state index in [0.29, 0.717) is 27.5 Å². The highest BCUT2D eigenvalue weighted by atomic mass is 32.2. The van der Waals surface area contributed by atoms with E-state index in [2.05, 4.69) is 26.1 Å². The van der Waals surface area contributed by atoms with Crippen LogP contribution in [0.15, 0.2) is 62.7 Å². The Morgan fingerprint density at radius 2 is 2.06 bits per heavy atom. The van der Waals surface area contributed by atoms with Crippen molar-refractivity contribution >= 4 is 45.9 Å². The normalized spacial score (nSPS) is 15.5. The zero-order valence-corrected chi connectivity index (χ0v) is 20.1. The predicted octanol–water partition coefficient (Wildman–Crippen LogP) is 4.24. The number of urea groups is 1. The van der Waals surface area contributed by atoms with Gasteiger partial charge in [-0.05, 0) is 38.1 Å². The second-order valence-electron chi connectivity index (χ2n) is 6.88. The molecule has 2 amide bonds. The Hall–Kier alpha value is -3.51. The smallest absolute Gasteiger partial charge is 0.338 e. The van der Waals surface area contributed by atoms with Gasteiger partial charge < -0.3 is 29.8 Å². The van der Waals surface area contributed by atoms with Gasteiger partial charge in [0.15, 0.2) is 4.34 Å². The van der Waals surface area contributed by atoms with Crippen LogP contribution < -0.4 is 20.7 Å². The van der Waals surface area contributed by atoms with Gasteiger partial charge in [-0.2, -0.15) is 0 Å². The molecule has 0 saturated carbocycles. The van der Waals surface area contributed by atoms with Crippen molar-refractivity contribution in [1.82, 2.24) is 20.8 Å². The Morgan fingerprint density at radius 3 is 2.82 bits per heavy atom. The Bertz CT molecular complexity index is 1180. The van der Waals surface area contributed by atoms with E-state index in [9.17, 15) is 9.59 Å². The van der Waals surface area contributed by atoms with Gasteiger partial charge in [0.05, 0.1) is 30.7 Å². The van der Waals surface area contributed by atoms with Gasteiger partial charge in [-0.15, -0.1) is 10.2 Å². The highest BCUT2D eigenvalue weighted by Gasteiger charge is 2.35. The molecule has 1 aliphatic heterocycles. The number of thioether (sulfide) groups is 1. The number of amides is 2. The molecule has 3 N–H and O–H groups in total. The summed E-state index contributed by atoms with van der Waals surface area (Å²) in [7, 11) is 0. The summed E-state index contributed by atoms with van der Waals surface area (Å²) in [5, 5.41) is 17.7. The van der Waals surface area contributed by atoms with E-state index in [0.717, 1.165) is 11.4 Å². The lowest BCUT2D eigenvalue weighted by atomic mass is 10.0. The lowest BCUT2D eigenvalue weighted by molar-refractivity contribution is -0.139. The maximum absolute atomic E-state index is 12.8. The van der Waals surface area contributed by atoms with Crippen LogP contribution >= 0.6 is 23.1 Å². The number of rotatable bonds is 10. The Morgan fingerprint density at radius 1 is 1.21 bits per heavy atom. The van der Waals surface area contributed by atoms with E-state index in [1.165, 1.54) is 29.4 Å². The third-order valence-electron chi connectivity index (χ3n) is 4.65. The number of ether oxygens (including phenoxy) is 2. The number of hydrogen-bond donors (Lipinski definition) is 3. The molecule has 10 nitrogen and oxygen atoms in total. The molecule has 12 heteroatoms. The number of benzene rings is 1. The average molecular weight is 502 g/mol. The number of hydrogen-bond acceptors (Lipinski definition) is 10. The second-order valence-corrected chi connectivity index (χ2v) is 9.08. The summed E-state index contributed by atoms with van der Waals surface area (Å²) in [6.45, 7) is 4.40. The van der Waals surface area contributed by atoms with Crippen molar-refractivity contribution in [3.8, 4) is 5.75 Å². The Kier molecular flexibility index (Phi) is 7.70. The summed E-state index contributed by atoms with van der Waals surface area (Å²) in [5.41, 5.74) is 1.51. The topological polar surface area (TPSA) is 128 Å². The van der Waals surface area contributed by atoms with E-state index in [1.807, 2.05) is 31.2 Å². The molecule has 0 radical (unpaired) electrons. The van der Waals surface area contributed by atoms with Crippen molar-refractivity contribution in [2.45, 2.75) is 24.2 Å². The first-order chi connectivity index (χ1) is 16.6. The quantitative estimate of drug-likeness (QED) is 0.276. The van der Waals surface area contributed by atoms with Crippen molar-refractivity contribution in [2.75, 3.05) is 24.3 Å². The number of nitrogens with one attached hydrogen (secondary N) is 3. The fourth-order valence-corrected chi connectivity index (χ4v) is 5.00. The van der Waals surface area contributed by atoms with E-state index >= 15 is 0 Å². The van der Waals surface area contributed by atoms with Gasteiger partial charge in [-0.25, -0.2) is 9.59 Å². The third kappa shape index (κ3) is 5.51. The van der Waals surface area contributed by atoms with Crippen LogP contribution in [0, 0.1) is 0 Å². The number of para-hydroxylation sites is 2. The number of carbonyl (C=O) groups is 2. The molecule has 1 atom stereocenters. The van der Waals surface area contributed by atoms with Gasteiger partial charge in [0.1, 0.15) is 17.6 Å². The minimum atomic E-state index is -0.750. The van der Waals surface area contributed by atoms with E-state index in [-0.39, 0.29) is 17.9 Å². The van der Waals surface area contributed by atoms with Gasteiger partial charge in [-0.1, -0.05) is 35.2 Å². The highest BCUT2D eigenvalue weighted by Crippen LogP contribution is 2.34. The maximum Gasteiger partial charge on any atom is 0.338 e. The maximum atomic E-state index is 12.8. The van der Waals surface area contributed by atoms with Gasteiger partial charge in [-0.3, -0.25) is 0 Å². The lowest BCUT2D eigenvalue weighted by Crippen LogP contribution is -2.46. The minimum Gasteiger partial charge on any atom is -0.492 e. The molecule has 0 fully saturated rings. The SMILES string of the molecule is CCOC(=O)C1=C(CSc2nnc(Nc3ccccc3OCC)s2)NC(=O)NC1c1ccco1. The molecule has 0 aliphatic carbocycles. The molecule has 34 heavy (non-hydrogen) atoms. The van der Waals surface area contributed by atoms with E-state index in [4.69, 9.17) is 13.9 Å². The van der Waals surface area contributed by atoms with Crippen molar-refractivity contribution < 1.29 is 23.5 Å². The van der Waals surface area contributed by atoms with Gasteiger partial charge in [0, 0.05) is 11.4 Å². The average Bonchev–Trinajstić information content (AvgIpc) is 3.51. The Labute approximate surface area is 204 Å². The minimum absolute atomic E-state index is 0.205. The van der Waals surface area contributed by atoms with Crippen molar-refractivity contribution in [3.05, 3.63) is 59.7 Å². The third-order valence-corrected chi connectivity index (χ3v) is 6.65. The Balaban J connectivity index is 1.52. The van der Waals surface area contributed by atoms with Crippen LogP contribution in [0.2, 0.25) is 0 Å². The van der Waals surface area contributed by atoms with Crippen molar-refractivity contribution in [1.29, 1.82) is 0 Å². The molecule has 0 saturated heterocycles. The fourth-order valence-electron chi connectivity index (χ4n) is 3.27. The molecule has 0 bridgehead atoms. The monoisotopic (exact) mass is 501 g/mol. The van der Waals surface area contributed by atoms with E-state index in [1.54, 1.807) is 19.1 Å². The summed E-state index contributed by atoms with van der Waals surface area (Å²) in [4.78, 5) is 25.1. The van der Waals surface area contributed by atoms with Crippen LogP contribution in [0.3, 0.4) is 0 Å². The second kappa shape index (κ2) is 11.1. The largest absolute Gasteiger partial charge is 0.492 e. The summed E-state index contributed by atoms with van der Waals surface area (Å²) in [5.74, 6) is 0.915. The summed E-state index contributed by atoms with van der Waals surface area (Å²) >= 11 is 2.70.